The first kappa shape index (κ1) is 18.5. The number of carbonyl (C=O) groups excluding carboxylic acids is 1. The second-order valence-electron chi connectivity index (χ2n) is 5.65. The van der Waals surface area contributed by atoms with Crippen LogP contribution in [0.3, 0.4) is 0 Å². The third-order valence-electron chi connectivity index (χ3n) is 3.81. The van der Waals surface area contributed by atoms with Gasteiger partial charge in [-0.2, -0.15) is 0 Å². The molecule has 0 spiro atoms. The predicted molar refractivity (Wildman–Crippen MR) is 100 cm³/mol. The second kappa shape index (κ2) is 8.38. The Hall–Kier alpha value is -2.31. The highest BCUT2D eigenvalue weighted by Crippen LogP contribution is 2.27. The number of aromatic nitrogens is 2. The van der Waals surface area contributed by atoms with E-state index in [9.17, 15) is 4.79 Å². The van der Waals surface area contributed by atoms with Gasteiger partial charge in [0.1, 0.15) is 17.4 Å². The molecule has 26 heavy (non-hydrogen) atoms. The first-order valence-electron chi connectivity index (χ1n) is 7.95. The smallest absolute Gasteiger partial charge is 0.341 e. The van der Waals surface area contributed by atoms with Crippen LogP contribution in [0.25, 0.3) is 0 Å². The van der Waals surface area contributed by atoms with Gasteiger partial charge in [0.15, 0.2) is 0 Å². The van der Waals surface area contributed by atoms with Gasteiger partial charge in [-0.3, -0.25) is 0 Å². The molecule has 2 heterocycles. The number of carbonyl (C=O) groups is 1. The van der Waals surface area contributed by atoms with Crippen molar-refractivity contribution >= 4 is 29.3 Å². The molecule has 1 aromatic carbocycles. The van der Waals surface area contributed by atoms with Crippen molar-refractivity contribution in [2.45, 2.75) is 31.2 Å². The molecule has 0 radical (unpaired) electrons. The minimum absolute atomic E-state index is 0.179. The standard InChI is InChI=1S/C19H17ClN2O3S/c1-12-17(13(2)25-22-12)11-26-18-16(4-3-9-21-18)19(23)24-10-14-5-7-15(20)8-6-14/h3-9H,10-11H2,1-2H3. The van der Waals surface area contributed by atoms with Crippen LogP contribution in [0.2, 0.25) is 5.02 Å². The minimum atomic E-state index is -0.408. The van der Waals surface area contributed by atoms with E-state index in [0.717, 1.165) is 22.6 Å². The zero-order chi connectivity index (χ0) is 18.5. The summed E-state index contributed by atoms with van der Waals surface area (Å²) in [5.41, 5.74) is 3.17. The molecule has 7 heteroatoms. The van der Waals surface area contributed by atoms with Gasteiger partial charge in [-0.25, -0.2) is 9.78 Å². The third-order valence-corrected chi connectivity index (χ3v) is 5.09. The quantitative estimate of drug-likeness (QED) is 0.438. The number of pyridine rings is 1. The lowest BCUT2D eigenvalue weighted by Crippen LogP contribution is -2.07. The topological polar surface area (TPSA) is 65.2 Å². The maximum atomic E-state index is 12.5. The maximum Gasteiger partial charge on any atom is 0.341 e. The first-order valence-corrected chi connectivity index (χ1v) is 9.32. The van der Waals surface area contributed by atoms with Gasteiger partial charge in [-0.05, 0) is 43.7 Å². The van der Waals surface area contributed by atoms with Crippen LogP contribution in [0.1, 0.15) is 32.9 Å². The fourth-order valence-electron chi connectivity index (χ4n) is 2.32. The molecule has 0 saturated heterocycles. The molecule has 134 valence electrons. The fraction of sp³-hybridized carbons (Fsp3) is 0.211. The molecule has 0 saturated carbocycles. The molecule has 0 aliphatic rings. The van der Waals surface area contributed by atoms with E-state index in [1.165, 1.54) is 11.8 Å². The van der Waals surface area contributed by atoms with Crippen molar-refractivity contribution in [3.8, 4) is 0 Å². The van der Waals surface area contributed by atoms with Crippen LogP contribution in [0.5, 0.6) is 0 Å². The molecule has 5 nitrogen and oxygen atoms in total. The van der Waals surface area contributed by atoms with E-state index in [1.54, 1.807) is 30.5 Å². The van der Waals surface area contributed by atoms with Crippen molar-refractivity contribution in [1.29, 1.82) is 0 Å². The van der Waals surface area contributed by atoms with E-state index >= 15 is 0 Å². The van der Waals surface area contributed by atoms with Gasteiger partial charge in [0, 0.05) is 22.5 Å². The van der Waals surface area contributed by atoms with Gasteiger partial charge in [-0.15, -0.1) is 11.8 Å². The van der Waals surface area contributed by atoms with Crippen molar-refractivity contribution in [2.24, 2.45) is 0 Å². The van der Waals surface area contributed by atoms with Crippen LogP contribution in [-0.2, 0) is 17.1 Å². The van der Waals surface area contributed by atoms with Crippen molar-refractivity contribution in [3.05, 3.63) is 75.8 Å². The van der Waals surface area contributed by atoms with Gasteiger partial charge in [0.05, 0.1) is 11.3 Å². The molecule has 0 aliphatic heterocycles. The number of halogens is 1. The number of hydrogen-bond acceptors (Lipinski definition) is 6. The molecule has 2 aromatic heterocycles. The molecule has 3 aromatic rings. The van der Waals surface area contributed by atoms with Gasteiger partial charge < -0.3 is 9.26 Å². The van der Waals surface area contributed by atoms with Crippen LogP contribution in [0.4, 0.5) is 0 Å². The summed E-state index contributed by atoms with van der Waals surface area (Å²) < 4.78 is 10.6. The summed E-state index contributed by atoms with van der Waals surface area (Å²) >= 11 is 7.32. The zero-order valence-corrected chi connectivity index (χ0v) is 15.9. The van der Waals surface area contributed by atoms with E-state index in [2.05, 4.69) is 10.1 Å². The van der Waals surface area contributed by atoms with Crippen LogP contribution in [-0.4, -0.2) is 16.1 Å². The van der Waals surface area contributed by atoms with Crippen molar-refractivity contribution in [3.63, 3.8) is 0 Å². The van der Waals surface area contributed by atoms with E-state index in [0.29, 0.717) is 21.4 Å². The lowest BCUT2D eigenvalue weighted by Gasteiger charge is -2.09. The summed E-state index contributed by atoms with van der Waals surface area (Å²) in [6.45, 7) is 3.95. The van der Waals surface area contributed by atoms with Crippen LogP contribution in [0, 0.1) is 13.8 Å². The van der Waals surface area contributed by atoms with Crippen molar-refractivity contribution in [1.82, 2.24) is 10.1 Å². The van der Waals surface area contributed by atoms with Crippen LogP contribution < -0.4 is 0 Å². The Morgan fingerprint density at radius 2 is 2.00 bits per heavy atom. The van der Waals surface area contributed by atoms with E-state index in [4.69, 9.17) is 20.9 Å². The molecule has 0 fully saturated rings. The van der Waals surface area contributed by atoms with Crippen molar-refractivity contribution in [2.75, 3.05) is 0 Å². The highest BCUT2D eigenvalue weighted by Gasteiger charge is 2.16. The predicted octanol–water partition coefficient (Wildman–Crippen LogP) is 4.99. The summed E-state index contributed by atoms with van der Waals surface area (Å²) in [6.07, 6.45) is 1.66. The Morgan fingerprint density at radius 3 is 2.69 bits per heavy atom. The Kier molecular flexibility index (Phi) is 5.96. The Morgan fingerprint density at radius 1 is 1.23 bits per heavy atom. The van der Waals surface area contributed by atoms with Gasteiger partial charge >= 0.3 is 5.97 Å². The molecule has 0 unspecified atom stereocenters. The molecule has 0 N–H and O–H groups in total. The second-order valence-corrected chi connectivity index (χ2v) is 7.05. The van der Waals surface area contributed by atoms with Gasteiger partial charge in [-0.1, -0.05) is 28.9 Å². The summed E-state index contributed by atoms with van der Waals surface area (Å²) in [7, 11) is 0. The number of rotatable bonds is 6. The molecule has 0 bridgehead atoms. The monoisotopic (exact) mass is 388 g/mol. The molecule has 0 amide bonds. The maximum absolute atomic E-state index is 12.5. The Bertz CT molecular complexity index is 890. The SMILES string of the molecule is Cc1noc(C)c1CSc1ncccc1C(=O)OCc1ccc(Cl)cc1. The summed E-state index contributed by atoms with van der Waals surface area (Å²) in [4.78, 5) is 16.8. The van der Waals surface area contributed by atoms with Crippen LogP contribution in [0.15, 0.2) is 52.1 Å². The zero-order valence-electron chi connectivity index (χ0n) is 14.4. The number of benzene rings is 1. The number of nitrogens with zero attached hydrogens (tertiary/aromatic N) is 2. The van der Waals surface area contributed by atoms with E-state index < -0.39 is 5.97 Å². The van der Waals surface area contributed by atoms with Gasteiger partial charge in [0.2, 0.25) is 0 Å². The Labute approximate surface area is 160 Å². The summed E-state index contributed by atoms with van der Waals surface area (Å²) in [5.74, 6) is 0.988. The molecular formula is C19H17ClN2O3S. The molecule has 0 atom stereocenters. The summed E-state index contributed by atoms with van der Waals surface area (Å²) in [5, 5.41) is 5.21. The number of thioether (sulfide) groups is 1. The van der Waals surface area contributed by atoms with E-state index in [1.807, 2.05) is 26.0 Å². The van der Waals surface area contributed by atoms with Crippen molar-refractivity contribution < 1.29 is 14.1 Å². The third kappa shape index (κ3) is 4.45. The molecule has 0 aliphatic carbocycles. The largest absolute Gasteiger partial charge is 0.457 e. The highest BCUT2D eigenvalue weighted by molar-refractivity contribution is 7.98. The number of hydrogen-bond donors (Lipinski definition) is 0. The first-order chi connectivity index (χ1) is 12.5. The number of aryl methyl sites for hydroxylation is 2. The average Bonchev–Trinajstić information content (AvgIpc) is 2.97. The van der Waals surface area contributed by atoms with E-state index in [-0.39, 0.29) is 6.61 Å². The Balaban J connectivity index is 1.67. The minimum Gasteiger partial charge on any atom is -0.457 e. The number of esters is 1. The average molecular weight is 389 g/mol. The lowest BCUT2D eigenvalue weighted by atomic mass is 10.2. The lowest BCUT2D eigenvalue weighted by molar-refractivity contribution is 0.0467. The molecular weight excluding hydrogens is 372 g/mol. The normalized spacial score (nSPS) is 10.7. The fourth-order valence-corrected chi connectivity index (χ4v) is 3.58. The highest BCUT2D eigenvalue weighted by atomic mass is 35.5. The number of ether oxygens (including phenoxy) is 1. The van der Waals surface area contributed by atoms with Crippen LogP contribution >= 0.6 is 23.4 Å². The molecule has 3 rings (SSSR count). The van der Waals surface area contributed by atoms with Gasteiger partial charge in [0.25, 0.3) is 0 Å². The summed E-state index contributed by atoms with van der Waals surface area (Å²) in [6, 6.07) is 10.6.